The van der Waals surface area contributed by atoms with Crippen molar-refractivity contribution in [3.05, 3.63) is 84.4 Å². The van der Waals surface area contributed by atoms with Crippen molar-refractivity contribution in [2.24, 2.45) is 14.1 Å². The number of nitrogens with two attached hydrogens (primary N) is 1. The van der Waals surface area contributed by atoms with Crippen LogP contribution in [0.25, 0.3) is 11.6 Å². The molecule has 0 aliphatic rings. The molecule has 0 bridgehead atoms. The van der Waals surface area contributed by atoms with Crippen molar-refractivity contribution < 1.29 is 18.7 Å². The van der Waals surface area contributed by atoms with Crippen LogP contribution in [0.3, 0.4) is 0 Å². The van der Waals surface area contributed by atoms with E-state index in [0.29, 0.717) is 10.4 Å². The highest BCUT2D eigenvalue weighted by Gasteiger charge is 2.23. The highest BCUT2D eigenvalue weighted by Crippen LogP contribution is 2.24. The number of esters is 1. The fourth-order valence-electron chi connectivity index (χ4n) is 2.79. The predicted octanol–water partition coefficient (Wildman–Crippen LogP) is 1.83. The van der Waals surface area contributed by atoms with Crippen molar-refractivity contribution in [2.75, 3.05) is 12.3 Å². The summed E-state index contributed by atoms with van der Waals surface area (Å²) in [6.45, 7) is -0.747. The van der Waals surface area contributed by atoms with Crippen molar-refractivity contribution in [3.8, 4) is 0 Å². The van der Waals surface area contributed by atoms with E-state index < -0.39 is 41.0 Å². The maximum absolute atomic E-state index is 13.2. The van der Waals surface area contributed by atoms with Crippen molar-refractivity contribution in [1.82, 2.24) is 9.13 Å². The van der Waals surface area contributed by atoms with E-state index in [2.05, 4.69) is 0 Å². The molecule has 0 unspecified atom stereocenters. The molecule has 0 radical (unpaired) electrons. The van der Waals surface area contributed by atoms with Crippen LogP contribution < -0.4 is 17.0 Å². The number of carbonyl (C=O) groups excluding carboxylic acids is 2. The smallest absolute Gasteiger partial charge is 0.340 e. The molecule has 0 spiro atoms. The molecule has 2 N–H and O–H groups in total. The minimum absolute atomic E-state index is 0.163. The summed E-state index contributed by atoms with van der Waals surface area (Å²) in [4.78, 5) is 50.1. The van der Waals surface area contributed by atoms with Gasteiger partial charge in [0.15, 0.2) is 6.61 Å². The molecule has 3 rings (SSSR count). The molecule has 2 aromatic heterocycles. The predicted molar refractivity (Wildman–Crippen MR) is 115 cm³/mol. The van der Waals surface area contributed by atoms with Crippen LogP contribution in [0, 0.1) is 5.82 Å². The third-order valence-corrected chi connectivity index (χ3v) is 5.41. The number of hydrogen-bond acceptors (Lipinski definition) is 7. The Morgan fingerprint density at radius 2 is 1.81 bits per heavy atom. The van der Waals surface area contributed by atoms with Gasteiger partial charge in [0.1, 0.15) is 17.2 Å². The molecule has 10 heteroatoms. The first kappa shape index (κ1) is 21.9. The van der Waals surface area contributed by atoms with Gasteiger partial charge in [-0.05, 0) is 35.2 Å². The van der Waals surface area contributed by atoms with Gasteiger partial charge in [-0.1, -0.05) is 18.2 Å². The minimum Gasteiger partial charge on any atom is -0.454 e. The number of carbonyl (C=O) groups is 2. The van der Waals surface area contributed by atoms with Crippen LogP contribution in [0.1, 0.15) is 20.8 Å². The van der Waals surface area contributed by atoms with E-state index in [1.165, 1.54) is 55.8 Å². The van der Waals surface area contributed by atoms with E-state index in [1.807, 2.05) is 0 Å². The van der Waals surface area contributed by atoms with Crippen LogP contribution in [0.5, 0.6) is 0 Å². The average molecular weight is 443 g/mol. The standard InChI is InChI=1S/C21H18FN3O5S/c1-24-18(23)17(19(27)25(2)21(24)29)15(26)11-30-20(28)14(16-4-3-9-31-16)10-12-5-7-13(22)8-6-12/h3-10H,11,23H2,1-2H3/b14-10+. The van der Waals surface area contributed by atoms with Crippen LogP contribution in [0.2, 0.25) is 0 Å². The maximum atomic E-state index is 13.2. The zero-order valence-corrected chi connectivity index (χ0v) is 17.4. The van der Waals surface area contributed by atoms with Gasteiger partial charge in [0.05, 0.1) is 5.57 Å². The summed E-state index contributed by atoms with van der Waals surface area (Å²) in [7, 11) is 2.54. The van der Waals surface area contributed by atoms with Gasteiger partial charge in [0.2, 0.25) is 5.78 Å². The number of halogens is 1. The topological polar surface area (TPSA) is 113 Å². The molecule has 0 aliphatic heterocycles. The number of rotatable bonds is 6. The highest BCUT2D eigenvalue weighted by molar-refractivity contribution is 7.11. The molecular weight excluding hydrogens is 425 g/mol. The number of aromatic nitrogens is 2. The SMILES string of the molecule is Cn1c(N)c(C(=O)COC(=O)/C(=C/c2ccc(F)cc2)c2cccs2)c(=O)n(C)c1=O. The Morgan fingerprint density at radius 1 is 1.13 bits per heavy atom. The summed E-state index contributed by atoms with van der Waals surface area (Å²) >= 11 is 1.28. The number of anilines is 1. The van der Waals surface area contributed by atoms with Crippen LogP contribution >= 0.6 is 11.3 Å². The second-order valence-corrected chi connectivity index (χ2v) is 7.50. The second kappa shape index (κ2) is 8.92. The Labute approximate surface area is 179 Å². The maximum Gasteiger partial charge on any atom is 0.340 e. The number of hydrogen-bond donors (Lipinski definition) is 1. The first-order chi connectivity index (χ1) is 14.7. The number of nitrogen functional groups attached to an aromatic ring is 1. The largest absolute Gasteiger partial charge is 0.454 e. The van der Waals surface area contributed by atoms with Gasteiger partial charge in [0.25, 0.3) is 5.56 Å². The fraction of sp³-hybridized carbons (Fsp3) is 0.143. The number of ketones is 1. The van der Waals surface area contributed by atoms with Gasteiger partial charge in [0, 0.05) is 19.0 Å². The summed E-state index contributed by atoms with van der Waals surface area (Å²) in [5.74, 6) is -2.37. The normalized spacial score (nSPS) is 11.4. The first-order valence-electron chi connectivity index (χ1n) is 8.97. The van der Waals surface area contributed by atoms with Crippen LogP contribution in [0.4, 0.5) is 10.2 Å². The van der Waals surface area contributed by atoms with Crippen LogP contribution in [-0.4, -0.2) is 27.5 Å². The number of nitrogens with zero attached hydrogens (tertiary/aromatic N) is 2. The van der Waals surface area contributed by atoms with Crippen molar-refractivity contribution >= 4 is 40.6 Å². The fourth-order valence-corrected chi connectivity index (χ4v) is 3.52. The van der Waals surface area contributed by atoms with Gasteiger partial charge in [-0.25, -0.2) is 14.0 Å². The number of Topliss-reactive ketones (excluding diaryl/α,β-unsaturated/α-hetero) is 1. The molecule has 0 saturated heterocycles. The molecule has 1 aromatic carbocycles. The van der Waals surface area contributed by atoms with Crippen molar-refractivity contribution in [2.45, 2.75) is 0 Å². The average Bonchev–Trinajstić information content (AvgIpc) is 3.29. The zero-order valence-electron chi connectivity index (χ0n) is 16.6. The molecule has 0 fully saturated rings. The summed E-state index contributed by atoms with van der Waals surface area (Å²) in [6.07, 6.45) is 1.51. The molecule has 0 amide bonds. The third kappa shape index (κ3) is 4.53. The van der Waals surface area contributed by atoms with Gasteiger partial charge in [-0.2, -0.15) is 0 Å². The van der Waals surface area contributed by atoms with Crippen LogP contribution in [0.15, 0.2) is 51.4 Å². The summed E-state index contributed by atoms with van der Waals surface area (Å²) < 4.78 is 20.0. The number of thiophene rings is 1. The van der Waals surface area contributed by atoms with Gasteiger partial charge in [-0.3, -0.25) is 18.7 Å². The van der Waals surface area contributed by atoms with Crippen molar-refractivity contribution in [1.29, 1.82) is 0 Å². The Morgan fingerprint density at radius 3 is 2.42 bits per heavy atom. The monoisotopic (exact) mass is 443 g/mol. The van der Waals surface area contributed by atoms with E-state index in [-0.39, 0.29) is 11.4 Å². The Balaban J connectivity index is 1.87. The van der Waals surface area contributed by atoms with E-state index in [1.54, 1.807) is 17.5 Å². The summed E-state index contributed by atoms with van der Waals surface area (Å²) in [5, 5.41) is 1.77. The third-order valence-electron chi connectivity index (χ3n) is 4.51. The molecule has 31 heavy (non-hydrogen) atoms. The Hall–Kier alpha value is -3.79. The molecule has 0 aliphatic carbocycles. The Bertz CT molecular complexity index is 1290. The number of ether oxygens (including phenoxy) is 1. The van der Waals surface area contributed by atoms with Gasteiger partial charge >= 0.3 is 11.7 Å². The second-order valence-electron chi connectivity index (χ2n) is 6.55. The van der Waals surface area contributed by atoms with E-state index in [9.17, 15) is 23.6 Å². The molecule has 0 atom stereocenters. The zero-order chi connectivity index (χ0) is 22.7. The molecule has 2 heterocycles. The van der Waals surface area contributed by atoms with E-state index >= 15 is 0 Å². The lowest BCUT2D eigenvalue weighted by Crippen LogP contribution is -2.42. The van der Waals surface area contributed by atoms with E-state index in [0.717, 1.165) is 9.13 Å². The van der Waals surface area contributed by atoms with E-state index in [4.69, 9.17) is 10.5 Å². The first-order valence-corrected chi connectivity index (χ1v) is 9.85. The van der Waals surface area contributed by atoms with Gasteiger partial charge < -0.3 is 10.5 Å². The molecule has 160 valence electrons. The van der Waals surface area contributed by atoms with Crippen LogP contribution in [-0.2, 0) is 23.6 Å². The molecular formula is C21H18FN3O5S. The summed E-state index contributed by atoms with van der Waals surface area (Å²) in [5.41, 5.74) is 4.49. The molecule has 3 aromatic rings. The lowest BCUT2D eigenvalue weighted by molar-refractivity contribution is -0.135. The Kier molecular flexibility index (Phi) is 6.30. The quantitative estimate of drug-likeness (QED) is 0.353. The van der Waals surface area contributed by atoms with Crippen molar-refractivity contribution in [3.63, 3.8) is 0 Å². The number of benzene rings is 1. The summed E-state index contributed by atoms with van der Waals surface area (Å²) in [6, 6.07) is 8.94. The lowest BCUT2D eigenvalue weighted by Gasteiger charge is -2.11. The molecule has 0 saturated carbocycles. The lowest BCUT2D eigenvalue weighted by atomic mass is 10.1. The minimum atomic E-state index is -0.873. The van der Waals surface area contributed by atoms with Gasteiger partial charge in [-0.15, -0.1) is 11.3 Å². The highest BCUT2D eigenvalue weighted by atomic mass is 32.1. The molecule has 8 nitrogen and oxygen atoms in total.